The SMILES string of the molecule is C=CC(=O)N1CC[C@H](n2nc(C#Cc3cc(OC)cc(C(=O)Nc4ccc(Cl)c(C(F)(F)F)c4)c3)c3c(N)ncnc32)C1. The number of carbonyl (C=O) groups is 2. The van der Waals surface area contributed by atoms with E-state index in [0.717, 1.165) is 12.1 Å². The molecule has 1 atom stereocenters. The van der Waals surface area contributed by atoms with Gasteiger partial charge < -0.3 is 20.7 Å². The van der Waals surface area contributed by atoms with Crippen LogP contribution in [-0.2, 0) is 11.0 Å². The van der Waals surface area contributed by atoms with Crippen LogP contribution in [0, 0.1) is 11.8 Å². The van der Waals surface area contributed by atoms with Crippen LogP contribution in [0.4, 0.5) is 24.7 Å². The highest BCUT2D eigenvalue weighted by Crippen LogP contribution is 2.36. The molecule has 1 saturated heterocycles. The second kappa shape index (κ2) is 11.7. The zero-order valence-corrected chi connectivity index (χ0v) is 23.3. The first-order chi connectivity index (χ1) is 20.5. The van der Waals surface area contributed by atoms with E-state index in [1.165, 1.54) is 37.7 Å². The van der Waals surface area contributed by atoms with Gasteiger partial charge in [-0.05, 0) is 54.8 Å². The molecule has 2 aromatic heterocycles. The zero-order valence-electron chi connectivity index (χ0n) is 22.6. The number of alkyl halides is 3. The number of ether oxygens (including phenoxy) is 1. The summed E-state index contributed by atoms with van der Waals surface area (Å²) in [5.41, 5.74) is 6.19. The van der Waals surface area contributed by atoms with Crippen LogP contribution in [0.5, 0.6) is 5.75 Å². The molecule has 1 aliphatic rings. The van der Waals surface area contributed by atoms with Gasteiger partial charge in [0, 0.05) is 29.9 Å². The van der Waals surface area contributed by atoms with Crippen LogP contribution >= 0.6 is 11.6 Å². The third-order valence-corrected chi connectivity index (χ3v) is 7.10. The molecule has 43 heavy (non-hydrogen) atoms. The highest BCUT2D eigenvalue weighted by molar-refractivity contribution is 6.31. The Morgan fingerprint density at radius 1 is 1.21 bits per heavy atom. The Kier molecular flexibility index (Phi) is 7.97. The Bertz CT molecular complexity index is 1830. The summed E-state index contributed by atoms with van der Waals surface area (Å²) in [4.78, 5) is 35.2. The van der Waals surface area contributed by atoms with Gasteiger partial charge in [0.05, 0.1) is 29.1 Å². The molecule has 5 rings (SSSR count). The van der Waals surface area contributed by atoms with Crippen molar-refractivity contribution in [3.63, 3.8) is 0 Å². The van der Waals surface area contributed by atoms with E-state index in [9.17, 15) is 22.8 Å². The van der Waals surface area contributed by atoms with Gasteiger partial charge in [-0.15, -0.1) is 0 Å². The molecule has 0 bridgehead atoms. The highest BCUT2D eigenvalue weighted by Gasteiger charge is 2.33. The second-order valence-corrected chi connectivity index (χ2v) is 9.94. The highest BCUT2D eigenvalue weighted by atomic mass is 35.5. The number of anilines is 2. The maximum Gasteiger partial charge on any atom is 0.417 e. The van der Waals surface area contributed by atoms with Crippen molar-refractivity contribution < 1.29 is 27.5 Å². The third kappa shape index (κ3) is 6.09. The van der Waals surface area contributed by atoms with Gasteiger partial charge in [0.15, 0.2) is 5.65 Å². The summed E-state index contributed by atoms with van der Waals surface area (Å²) in [6.07, 6.45) is -1.47. The van der Waals surface area contributed by atoms with Gasteiger partial charge >= 0.3 is 6.18 Å². The summed E-state index contributed by atoms with van der Waals surface area (Å²) in [6.45, 7) is 4.47. The van der Waals surface area contributed by atoms with Gasteiger partial charge in [-0.3, -0.25) is 9.59 Å². The van der Waals surface area contributed by atoms with Crippen LogP contribution in [0.25, 0.3) is 11.0 Å². The molecule has 2 aromatic carbocycles. The molecule has 3 heterocycles. The van der Waals surface area contributed by atoms with E-state index >= 15 is 0 Å². The lowest BCUT2D eigenvalue weighted by Crippen LogP contribution is -2.27. The maximum absolute atomic E-state index is 13.3. The first-order valence-electron chi connectivity index (χ1n) is 12.8. The Morgan fingerprint density at radius 3 is 2.72 bits per heavy atom. The minimum absolute atomic E-state index is 0.0864. The van der Waals surface area contributed by atoms with Crippen molar-refractivity contribution in [2.45, 2.75) is 18.6 Å². The smallest absolute Gasteiger partial charge is 0.417 e. The monoisotopic (exact) mass is 609 g/mol. The predicted molar refractivity (Wildman–Crippen MR) is 154 cm³/mol. The van der Waals surface area contributed by atoms with E-state index in [4.69, 9.17) is 22.1 Å². The van der Waals surface area contributed by atoms with E-state index in [-0.39, 0.29) is 34.7 Å². The zero-order chi connectivity index (χ0) is 30.9. The number of nitrogen functional groups attached to an aromatic ring is 1. The molecule has 0 radical (unpaired) electrons. The van der Waals surface area contributed by atoms with Crippen molar-refractivity contribution in [3.8, 4) is 17.6 Å². The van der Waals surface area contributed by atoms with Gasteiger partial charge in [-0.2, -0.15) is 18.3 Å². The number of hydrogen-bond donors (Lipinski definition) is 2. The second-order valence-electron chi connectivity index (χ2n) is 9.53. The number of methoxy groups -OCH3 is 1. The number of rotatable bonds is 5. The molecule has 3 N–H and O–H groups in total. The number of fused-ring (bicyclic) bond motifs is 1. The average molecular weight is 610 g/mol. The van der Waals surface area contributed by atoms with Gasteiger partial charge in [-0.25, -0.2) is 14.6 Å². The fourth-order valence-corrected chi connectivity index (χ4v) is 4.91. The molecule has 1 aliphatic heterocycles. The van der Waals surface area contributed by atoms with Gasteiger partial charge in [0.1, 0.15) is 23.6 Å². The molecule has 0 spiro atoms. The summed E-state index contributed by atoms with van der Waals surface area (Å²) in [5, 5.41) is 7.04. The molecular formula is C29H23ClF3N7O3. The van der Waals surface area contributed by atoms with E-state index < -0.39 is 22.7 Å². The molecule has 0 unspecified atom stereocenters. The molecule has 2 amide bonds. The van der Waals surface area contributed by atoms with Crippen molar-refractivity contribution in [1.29, 1.82) is 0 Å². The average Bonchev–Trinajstić information content (AvgIpc) is 3.62. The number of nitrogens with zero attached hydrogens (tertiary/aromatic N) is 5. The summed E-state index contributed by atoms with van der Waals surface area (Å²) >= 11 is 5.68. The van der Waals surface area contributed by atoms with Crippen LogP contribution in [0.2, 0.25) is 5.02 Å². The predicted octanol–water partition coefficient (Wildman–Crippen LogP) is 4.70. The fourth-order valence-electron chi connectivity index (χ4n) is 4.68. The number of hydrogen-bond acceptors (Lipinski definition) is 7. The first-order valence-corrected chi connectivity index (χ1v) is 13.2. The Labute approximate surface area is 248 Å². The van der Waals surface area contributed by atoms with Crippen molar-refractivity contribution >= 4 is 46.0 Å². The van der Waals surface area contributed by atoms with E-state index in [0.29, 0.717) is 41.9 Å². The van der Waals surface area contributed by atoms with Crippen molar-refractivity contribution in [2.24, 2.45) is 0 Å². The van der Waals surface area contributed by atoms with E-state index in [1.807, 2.05) is 0 Å². The fraction of sp³-hybridized carbons (Fsp3) is 0.207. The van der Waals surface area contributed by atoms with Crippen LogP contribution in [-0.4, -0.2) is 56.7 Å². The molecule has 14 heteroatoms. The summed E-state index contributed by atoms with van der Waals surface area (Å²) in [6, 6.07) is 7.37. The van der Waals surface area contributed by atoms with Crippen LogP contribution in [0.15, 0.2) is 55.4 Å². The third-order valence-electron chi connectivity index (χ3n) is 6.77. The first kappa shape index (κ1) is 29.4. The quantitative estimate of drug-likeness (QED) is 0.248. The number of nitrogens with one attached hydrogen (secondary N) is 1. The van der Waals surface area contributed by atoms with Crippen molar-refractivity contribution in [1.82, 2.24) is 24.6 Å². The number of nitrogens with two attached hydrogens (primary N) is 1. The number of amides is 2. The minimum Gasteiger partial charge on any atom is -0.497 e. The van der Waals surface area contributed by atoms with Crippen molar-refractivity contribution in [2.75, 3.05) is 31.2 Å². The largest absolute Gasteiger partial charge is 0.497 e. The molecular weight excluding hydrogens is 587 g/mol. The van der Waals surface area contributed by atoms with Crippen LogP contribution < -0.4 is 15.8 Å². The lowest BCUT2D eigenvalue weighted by atomic mass is 10.1. The number of likely N-dealkylation sites (tertiary alicyclic amines) is 1. The lowest BCUT2D eigenvalue weighted by molar-refractivity contribution is -0.137. The molecule has 4 aromatic rings. The number of halogens is 4. The Hall–Kier alpha value is -5.09. The Balaban J connectivity index is 1.47. The van der Waals surface area contributed by atoms with Gasteiger partial charge in [-0.1, -0.05) is 24.1 Å². The minimum atomic E-state index is -4.69. The number of benzene rings is 2. The van der Waals surface area contributed by atoms with E-state index in [2.05, 4.69) is 38.8 Å². The molecule has 0 saturated carbocycles. The van der Waals surface area contributed by atoms with Crippen LogP contribution in [0.3, 0.4) is 0 Å². The summed E-state index contributed by atoms with van der Waals surface area (Å²) in [7, 11) is 1.40. The maximum atomic E-state index is 13.3. The normalized spacial score (nSPS) is 14.7. The van der Waals surface area contributed by atoms with E-state index in [1.54, 1.807) is 15.6 Å². The standard InChI is InChI=1S/C29H23ClF3N7O3/c1-3-24(41)39-9-8-19(14-39)40-27-25(26(34)35-15-36-27)23(38-40)7-4-16-10-17(12-20(11-16)43-2)28(42)37-18-5-6-22(30)21(13-18)29(31,32)33/h3,5-6,10-13,15,19H,1,8-9,14H2,2H3,(H,37,42)(H2,34,35,36)/t19-/m0/s1. The van der Waals surface area contributed by atoms with Crippen LogP contribution in [0.1, 0.15) is 39.6 Å². The van der Waals surface area contributed by atoms with Crippen molar-refractivity contribution in [3.05, 3.63) is 82.8 Å². The lowest BCUT2D eigenvalue weighted by Gasteiger charge is -2.14. The van der Waals surface area contributed by atoms with Gasteiger partial charge in [0.25, 0.3) is 5.91 Å². The summed E-state index contributed by atoms with van der Waals surface area (Å²) < 4.78 is 46.8. The molecule has 220 valence electrons. The Morgan fingerprint density at radius 2 is 2.00 bits per heavy atom. The number of aromatic nitrogens is 4. The topological polar surface area (TPSA) is 128 Å². The molecule has 1 fully saturated rings. The van der Waals surface area contributed by atoms with Gasteiger partial charge in [0.2, 0.25) is 5.91 Å². The molecule has 10 nitrogen and oxygen atoms in total. The summed E-state index contributed by atoms with van der Waals surface area (Å²) in [5.74, 6) is 5.51. The number of carbonyl (C=O) groups excluding carboxylic acids is 2. The molecule has 0 aliphatic carbocycles.